The molecule has 2 aliphatic rings. The van der Waals surface area contributed by atoms with Gasteiger partial charge in [0.25, 0.3) is 11.7 Å². The molecule has 2 saturated heterocycles. The second kappa shape index (κ2) is 10.5. The first-order chi connectivity index (χ1) is 18.0. The number of hydrogen-bond acceptors (Lipinski definition) is 5. The maximum atomic E-state index is 13.4. The van der Waals surface area contributed by atoms with Gasteiger partial charge < -0.3 is 14.7 Å². The molecule has 0 radical (unpaired) electrons. The molecule has 1 unspecified atom stereocenters. The number of benzene rings is 3. The highest BCUT2D eigenvalue weighted by Gasteiger charge is 2.47. The summed E-state index contributed by atoms with van der Waals surface area (Å²) in [5.41, 5.74) is 3.88. The standard InChI is InChI=1S/C31H32N2O4/c1-3-37-26-17-12-23(20-21(26)2)29(34)27-28(22-10-6-4-7-11-22)33(31(36)30(27)35)25-15-13-24(14-16-25)32-18-8-5-9-19-32/h4,6-7,10-17,20,28,34H,3,5,8-9,18-19H2,1-2H3/b29-27-. The monoisotopic (exact) mass is 496 g/mol. The zero-order valence-electron chi connectivity index (χ0n) is 21.3. The van der Waals surface area contributed by atoms with Gasteiger partial charge in [0, 0.05) is 30.0 Å². The van der Waals surface area contributed by atoms with Gasteiger partial charge in [-0.2, -0.15) is 0 Å². The Morgan fingerprint density at radius 3 is 2.24 bits per heavy atom. The van der Waals surface area contributed by atoms with Gasteiger partial charge in [0.1, 0.15) is 11.5 Å². The quantitative estimate of drug-likeness (QED) is 0.257. The molecule has 3 aromatic rings. The number of amides is 1. The predicted octanol–water partition coefficient (Wildman–Crippen LogP) is 6.01. The molecule has 0 spiro atoms. The van der Waals surface area contributed by atoms with E-state index in [-0.39, 0.29) is 11.3 Å². The van der Waals surface area contributed by atoms with Gasteiger partial charge in [-0.3, -0.25) is 14.5 Å². The summed E-state index contributed by atoms with van der Waals surface area (Å²) < 4.78 is 5.62. The van der Waals surface area contributed by atoms with Crippen LogP contribution in [0.25, 0.3) is 5.76 Å². The lowest BCUT2D eigenvalue weighted by molar-refractivity contribution is -0.132. The highest BCUT2D eigenvalue weighted by molar-refractivity contribution is 6.51. The van der Waals surface area contributed by atoms with Crippen LogP contribution >= 0.6 is 0 Å². The van der Waals surface area contributed by atoms with Crippen LogP contribution in [0.4, 0.5) is 11.4 Å². The van der Waals surface area contributed by atoms with Crippen molar-refractivity contribution in [3.05, 3.63) is 95.1 Å². The average molecular weight is 497 g/mol. The number of rotatable bonds is 6. The molecule has 0 aromatic heterocycles. The van der Waals surface area contributed by atoms with E-state index >= 15 is 0 Å². The van der Waals surface area contributed by atoms with Crippen LogP contribution in [0.1, 0.15) is 48.9 Å². The van der Waals surface area contributed by atoms with Gasteiger partial charge in [-0.25, -0.2) is 0 Å². The molecule has 1 atom stereocenters. The Hall–Kier alpha value is -4.06. The van der Waals surface area contributed by atoms with Gasteiger partial charge in [-0.05, 0) is 86.7 Å². The molecule has 0 aliphatic carbocycles. The van der Waals surface area contributed by atoms with E-state index in [0.717, 1.165) is 29.9 Å². The number of aliphatic hydroxyl groups excluding tert-OH is 1. The third kappa shape index (κ3) is 4.71. The normalized spacial score (nSPS) is 19.4. The van der Waals surface area contributed by atoms with Crippen LogP contribution in [0.5, 0.6) is 5.75 Å². The lowest BCUT2D eigenvalue weighted by Gasteiger charge is -2.30. The molecular formula is C31H32N2O4. The molecule has 2 aliphatic heterocycles. The summed E-state index contributed by atoms with van der Waals surface area (Å²) in [7, 11) is 0. The highest BCUT2D eigenvalue weighted by atomic mass is 16.5. The lowest BCUT2D eigenvalue weighted by Crippen LogP contribution is -2.30. The highest BCUT2D eigenvalue weighted by Crippen LogP contribution is 2.42. The second-order valence-electron chi connectivity index (χ2n) is 9.56. The first-order valence-corrected chi connectivity index (χ1v) is 12.9. The Balaban J connectivity index is 1.58. The first-order valence-electron chi connectivity index (χ1n) is 12.9. The molecule has 2 heterocycles. The Morgan fingerprint density at radius 2 is 1.59 bits per heavy atom. The van der Waals surface area contributed by atoms with E-state index in [1.54, 1.807) is 18.2 Å². The van der Waals surface area contributed by atoms with Crippen LogP contribution in [0.15, 0.2) is 78.4 Å². The summed E-state index contributed by atoms with van der Waals surface area (Å²) in [5.74, 6) is -0.819. The molecule has 37 heavy (non-hydrogen) atoms. The molecule has 0 bridgehead atoms. The largest absolute Gasteiger partial charge is 0.507 e. The SMILES string of the molecule is CCOc1ccc(/C(O)=C2/C(=O)C(=O)N(c3ccc(N4CCCCC4)cc3)C2c2ccccc2)cc1C. The summed E-state index contributed by atoms with van der Waals surface area (Å²) in [4.78, 5) is 30.7. The Kier molecular flexibility index (Phi) is 6.99. The zero-order valence-corrected chi connectivity index (χ0v) is 21.3. The van der Waals surface area contributed by atoms with E-state index in [1.165, 1.54) is 24.2 Å². The minimum atomic E-state index is -0.742. The Labute approximate surface area is 217 Å². The van der Waals surface area contributed by atoms with Gasteiger partial charge in [-0.1, -0.05) is 30.3 Å². The summed E-state index contributed by atoms with van der Waals surface area (Å²) in [6.07, 6.45) is 3.61. The van der Waals surface area contributed by atoms with Gasteiger partial charge in [-0.15, -0.1) is 0 Å². The molecule has 3 aromatic carbocycles. The number of ether oxygens (including phenoxy) is 1. The third-order valence-electron chi connectivity index (χ3n) is 7.16. The summed E-state index contributed by atoms with van der Waals surface area (Å²) in [6, 6.07) is 21.7. The Morgan fingerprint density at radius 1 is 0.919 bits per heavy atom. The molecule has 6 heteroatoms. The smallest absolute Gasteiger partial charge is 0.300 e. The van der Waals surface area contributed by atoms with Crippen molar-refractivity contribution in [2.24, 2.45) is 0 Å². The van der Waals surface area contributed by atoms with Gasteiger partial charge in [0.15, 0.2) is 0 Å². The molecule has 5 rings (SSSR count). The van der Waals surface area contributed by atoms with Crippen LogP contribution in [0.2, 0.25) is 0 Å². The van der Waals surface area contributed by atoms with Crippen LogP contribution in [0, 0.1) is 6.92 Å². The number of hydrogen-bond donors (Lipinski definition) is 1. The van der Waals surface area contributed by atoms with Crippen molar-refractivity contribution in [2.75, 3.05) is 29.5 Å². The summed E-state index contributed by atoms with van der Waals surface area (Å²) in [5, 5.41) is 11.4. The second-order valence-corrected chi connectivity index (χ2v) is 9.56. The number of Topliss-reactive ketones (excluding diaryl/α,β-unsaturated/α-hetero) is 1. The van der Waals surface area contributed by atoms with E-state index in [4.69, 9.17) is 4.74 Å². The number of anilines is 2. The van der Waals surface area contributed by atoms with Gasteiger partial charge >= 0.3 is 0 Å². The van der Waals surface area contributed by atoms with E-state index < -0.39 is 17.7 Å². The summed E-state index contributed by atoms with van der Waals surface area (Å²) >= 11 is 0. The molecular weight excluding hydrogens is 464 g/mol. The molecule has 6 nitrogen and oxygen atoms in total. The van der Waals surface area contributed by atoms with Crippen molar-refractivity contribution in [1.29, 1.82) is 0 Å². The fourth-order valence-corrected chi connectivity index (χ4v) is 5.30. The fourth-order valence-electron chi connectivity index (χ4n) is 5.30. The van der Waals surface area contributed by atoms with Crippen LogP contribution in [-0.2, 0) is 9.59 Å². The predicted molar refractivity (Wildman–Crippen MR) is 146 cm³/mol. The van der Waals surface area contributed by atoms with Gasteiger partial charge in [0.2, 0.25) is 0 Å². The molecule has 1 amide bonds. The van der Waals surface area contributed by atoms with Crippen molar-refractivity contribution in [3.8, 4) is 5.75 Å². The van der Waals surface area contributed by atoms with Crippen molar-refractivity contribution in [1.82, 2.24) is 0 Å². The van der Waals surface area contributed by atoms with Crippen molar-refractivity contribution < 1.29 is 19.4 Å². The van der Waals surface area contributed by atoms with Crippen molar-refractivity contribution >= 4 is 28.8 Å². The first kappa shape index (κ1) is 24.6. The molecule has 2 fully saturated rings. The minimum absolute atomic E-state index is 0.0832. The molecule has 1 N–H and O–H groups in total. The van der Waals surface area contributed by atoms with Crippen LogP contribution in [-0.4, -0.2) is 36.5 Å². The van der Waals surface area contributed by atoms with Crippen LogP contribution < -0.4 is 14.5 Å². The number of aryl methyl sites for hydroxylation is 1. The number of piperidine rings is 1. The van der Waals surface area contributed by atoms with E-state index in [9.17, 15) is 14.7 Å². The molecule has 190 valence electrons. The number of carbonyl (C=O) groups excluding carboxylic acids is 2. The topological polar surface area (TPSA) is 70.1 Å². The van der Waals surface area contributed by atoms with E-state index in [2.05, 4.69) is 4.90 Å². The number of carbonyl (C=O) groups is 2. The lowest BCUT2D eigenvalue weighted by atomic mass is 9.94. The third-order valence-corrected chi connectivity index (χ3v) is 7.16. The fraction of sp³-hybridized carbons (Fsp3) is 0.290. The number of nitrogens with zero attached hydrogens (tertiary/aromatic N) is 2. The van der Waals surface area contributed by atoms with Gasteiger partial charge in [0.05, 0.1) is 18.2 Å². The van der Waals surface area contributed by atoms with Crippen molar-refractivity contribution in [2.45, 2.75) is 39.2 Å². The minimum Gasteiger partial charge on any atom is -0.507 e. The van der Waals surface area contributed by atoms with E-state index in [0.29, 0.717) is 23.6 Å². The summed E-state index contributed by atoms with van der Waals surface area (Å²) in [6.45, 7) is 6.37. The maximum Gasteiger partial charge on any atom is 0.300 e. The maximum absolute atomic E-state index is 13.4. The van der Waals surface area contributed by atoms with Crippen molar-refractivity contribution in [3.63, 3.8) is 0 Å². The number of ketones is 1. The zero-order chi connectivity index (χ0) is 25.9. The average Bonchev–Trinajstić information content (AvgIpc) is 3.20. The molecule has 0 saturated carbocycles. The van der Waals surface area contributed by atoms with E-state index in [1.807, 2.05) is 68.4 Å². The van der Waals surface area contributed by atoms with Crippen LogP contribution in [0.3, 0.4) is 0 Å². The number of aliphatic hydroxyl groups is 1. The Bertz CT molecular complexity index is 1330.